The standard InChI is InChI=1S/C6H11N3OS/c1-10-4-2-3-7-6-8-5-9-11-6/h5H,2-4H2,1H3,(H,7,8,9). The molecular formula is C6H11N3OS. The van der Waals surface area contributed by atoms with Crippen LogP contribution in [0.25, 0.3) is 0 Å². The molecule has 0 unspecified atom stereocenters. The van der Waals surface area contributed by atoms with Crippen molar-refractivity contribution < 1.29 is 4.74 Å². The van der Waals surface area contributed by atoms with Gasteiger partial charge in [0.25, 0.3) is 0 Å². The lowest BCUT2D eigenvalue weighted by molar-refractivity contribution is 0.198. The summed E-state index contributed by atoms with van der Waals surface area (Å²) in [6, 6.07) is 0. The zero-order valence-corrected chi connectivity index (χ0v) is 7.23. The van der Waals surface area contributed by atoms with E-state index in [0.29, 0.717) is 0 Å². The van der Waals surface area contributed by atoms with Crippen LogP contribution in [0.15, 0.2) is 6.33 Å². The Labute approximate surface area is 69.8 Å². The Hall–Kier alpha value is -0.680. The molecule has 0 fully saturated rings. The van der Waals surface area contributed by atoms with E-state index in [1.54, 1.807) is 13.4 Å². The van der Waals surface area contributed by atoms with Crippen LogP contribution in [-0.2, 0) is 4.74 Å². The van der Waals surface area contributed by atoms with Crippen molar-refractivity contribution >= 4 is 16.7 Å². The topological polar surface area (TPSA) is 47.0 Å². The first-order chi connectivity index (χ1) is 5.43. The van der Waals surface area contributed by atoms with Crippen molar-refractivity contribution in [1.82, 2.24) is 9.36 Å². The van der Waals surface area contributed by atoms with Crippen LogP contribution in [0, 0.1) is 0 Å². The summed E-state index contributed by atoms with van der Waals surface area (Å²) in [7, 11) is 1.70. The molecule has 1 rings (SSSR count). The van der Waals surface area contributed by atoms with E-state index in [4.69, 9.17) is 4.74 Å². The van der Waals surface area contributed by atoms with Gasteiger partial charge in [0.2, 0.25) is 5.13 Å². The second-order valence-electron chi connectivity index (χ2n) is 2.02. The van der Waals surface area contributed by atoms with Gasteiger partial charge in [-0.1, -0.05) is 0 Å². The number of anilines is 1. The first-order valence-corrected chi connectivity index (χ1v) is 4.20. The first-order valence-electron chi connectivity index (χ1n) is 3.43. The minimum Gasteiger partial charge on any atom is -0.385 e. The molecule has 0 atom stereocenters. The second-order valence-corrected chi connectivity index (χ2v) is 2.80. The van der Waals surface area contributed by atoms with Crippen molar-refractivity contribution in [1.29, 1.82) is 0 Å². The van der Waals surface area contributed by atoms with E-state index in [2.05, 4.69) is 14.7 Å². The third-order valence-corrected chi connectivity index (χ3v) is 1.79. The summed E-state index contributed by atoms with van der Waals surface area (Å²) < 4.78 is 8.75. The van der Waals surface area contributed by atoms with Crippen molar-refractivity contribution in [3.05, 3.63) is 6.33 Å². The summed E-state index contributed by atoms with van der Waals surface area (Å²) in [5.41, 5.74) is 0. The van der Waals surface area contributed by atoms with E-state index < -0.39 is 0 Å². The molecule has 0 bridgehead atoms. The molecule has 1 aromatic rings. The van der Waals surface area contributed by atoms with Crippen LogP contribution < -0.4 is 5.32 Å². The molecule has 11 heavy (non-hydrogen) atoms. The second kappa shape index (κ2) is 5.03. The quantitative estimate of drug-likeness (QED) is 0.674. The van der Waals surface area contributed by atoms with Crippen molar-refractivity contribution in [3.63, 3.8) is 0 Å². The number of hydrogen-bond acceptors (Lipinski definition) is 5. The summed E-state index contributed by atoms with van der Waals surface area (Å²) in [6.45, 7) is 1.68. The normalized spacial score (nSPS) is 9.91. The lowest BCUT2D eigenvalue weighted by atomic mass is 10.4. The molecular weight excluding hydrogens is 162 g/mol. The van der Waals surface area contributed by atoms with Gasteiger partial charge in [-0.05, 0) is 6.42 Å². The summed E-state index contributed by atoms with van der Waals surface area (Å²) in [4.78, 5) is 3.97. The Morgan fingerprint density at radius 2 is 2.64 bits per heavy atom. The van der Waals surface area contributed by atoms with E-state index in [0.717, 1.165) is 24.7 Å². The summed E-state index contributed by atoms with van der Waals surface area (Å²) in [6.07, 6.45) is 2.54. The molecule has 62 valence electrons. The highest BCUT2D eigenvalue weighted by Crippen LogP contribution is 2.05. The Balaban J connectivity index is 2.04. The van der Waals surface area contributed by atoms with Gasteiger partial charge in [-0.15, -0.1) is 0 Å². The molecule has 1 heterocycles. The fourth-order valence-corrected chi connectivity index (χ4v) is 1.12. The van der Waals surface area contributed by atoms with Crippen molar-refractivity contribution in [2.75, 3.05) is 25.6 Å². The highest BCUT2D eigenvalue weighted by molar-refractivity contribution is 7.09. The minimum atomic E-state index is 0.784. The summed E-state index contributed by atoms with van der Waals surface area (Å²) in [5.74, 6) is 0. The number of nitrogens with zero attached hydrogens (tertiary/aromatic N) is 2. The highest BCUT2D eigenvalue weighted by Gasteiger charge is 1.92. The molecule has 0 radical (unpaired) electrons. The monoisotopic (exact) mass is 173 g/mol. The van der Waals surface area contributed by atoms with Gasteiger partial charge in [0, 0.05) is 31.8 Å². The van der Waals surface area contributed by atoms with E-state index in [1.165, 1.54) is 11.5 Å². The fraction of sp³-hybridized carbons (Fsp3) is 0.667. The van der Waals surface area contributed by atoms with Gasteiger partial charge in [-0.3, -0.25) is 0 Å². The first kappa shape index (κ1) is 8.42. The van der Waals surface area contributed by atoms with Crippen LogP contribution in [0.5, 0.6) is 0 Å². The van der Waals surface area contributed by atoms with Gasteiger partial charge in [0.05, 0.1) is 0 Å². The predicted molar refractivity (Wildman–Crippen MR) is 44.9 cm³/mol. The maximum absolute atomic E-state index is 4.89. The van der Waals surface area contributed by atoms with Gasteiger partial charge < -0.3 is 10.1 Å². The van der Waals surface area contributed by atoms with Crippen LogP contribution in [0.2, 0.25) is 0 Å². The van der Waals surface area contributed by atoms with E-state index in [9.17, 15) is 0 Å². The van der Waals surface area contributed by atoms with Gasteiger partial charge in [0.1, 0.15) is 6.33 Å². The molecule has 0 aliphatic carbocycles. The third kappa shape index (κ3) is 3.29. The third-order valence-electron chi connectivity index (χ3n) is 1.16. The minimum absolute atomic E-state index is 0.784. The smallest absolute Gasteiger partial charge is 0.202 e. The van der Waals surface area contributed by atoms with Gasteiger partial charge in [-0.2, -0.15) is 4.37 Å². The number of aromatic nitrogens is 2. The molecule has 0 aromatic carbocycles. The molecule has 1 aromatic heterocycles. The van der Waals surface area contributed by atoms with Crippen molar-refractivity contribution in [3.8, 4) is 0 Å². The van der Waals surface area contributed by atoms with E-state index in [-0.39, 0.29) is 0 Å². The average molecular weight is 173 g/mol. The zero-order valence-electron chi connectivity index (χ0n) is 6.41. The van der Waals surface area contributed by atoms with Crippen molar-refractivity contribution in [2.45, 2.75) is 6.42 Å². The lowest BCUT2D eigenvalue weighted by Crippen LogP contribution is -2.03. The molecule has 1 N–H and O–H groups in total. The average Bonchev–Trinajstić information content (AvgIpc) is 2.50. The molecule has 0 aliphatic rings. The number of ether oxygens (including phenoxy) is 1. The van der Waals surface area contributed by atoms with Crippen LogP contribution in [0.1, 0.15) is 6.42 Å². The van der Waals surface area contributed by atoms with Gasteiger partial charge in [0.15, 0.2) is 0 Å². The molecule has 5 heteroatoms. The molecule has 0 amide bonds. The molecule has 0 saturated heterocycles. The Kier molecular flexibility index (Phi) is 3.85. The Morgan fingerprint density at radius 1 is 1.73 bits per heavy atom. The molecule has 0 saturated carbocycles. The molecule has 0 spiro atoms. The fourth-order valence-electron chi connectivity index (χ4n) is 0.663. The summed E-state index contributed by atoms with van der Waals surface area (Å²) >= 11 is 1.37. The maximum atomic E-state index is 4.89. The van der Waals surface area contributed by atoms with Crippen LogP contribution in [0.4, 0.5) is 5.13 Å². The van der Waals surface area contributed by atoms with E-state index >= 15 is 0 Å². The number of rotatable bonds is 5. The van der Waals surface area contributed by atoms with Gasteiger partial charge in [-0.25, -0.2) is 4.98 Å². The molecule has 4 nitrogen and oxygen atoms in total. The van der Waals surface area contributed by atoms with Crippen LogP contribution in [-0.4, -0.2) is 29.6 Å². The Morgan fingerprint density at radius 3 is 3.27 bits per heavy atom. The Bertz CT molecular complexity index is 178. The number of methoxy groups -OCH3 is 1. The van der Waals surface area contributed by atoms with Crippen LogP contribution >= 0.6 is 11.5 Å². The maximum Gasteiger partial charge on any atom is 0.202 e. The zero-order chi connectivity index (χ0) is 7.94. The number of hydrogen-bond donors (Lipinski definition) is 1. The molecule has 0 aliphatic heterocycles. The van der Waals surface area contributed by atoms with Crippen LogP contribution in [0.3, 0.4) is 0 Å². The SMILES string of the molecule is COCCCNc1ncns1. The van der Waals surface area contributed by atoms with Gasteiger partial charge >= 0.3 is 0 Å². The highest BCUT2D eigenvalue weighted by atomic mass is 32.1. The summed E-state index contributed by atoms with van der Waals surface area (Å²) in [5, 5.41) is 4.00. The lowest BCUT2D eigenvalue weighted by Gasteiger charge is -1.99. The van der Waals surface area contributed by atoms with Crippen molar-refractivity contribution in [2.24, 2.45) is 0 Å². The largest absolute Gasteiger partial charge is 0.385 e. The predicted octanol–water partition coefficient (Wildman–Crippen LogP) is 0.987. The van der Waals surface area contributed by atoms with E-state index in [1.807, 2.05) is 0 Å². The number of nitrogens with one attached hydrogen (secondary N) is 1.